The van der Waals surface area contributed by atoms with Gasteiger partial charge in [0, 0.05) is 33.2 Å². The topological polar surface area (TPSA) is 7.94 Å². The fourth-order valence-electron chi connectivity index (χ4n) is 4.27. The van der Waals surface area contributed by atoms with E-state index in [1.807, 2.05) is 44.2 Å². The van der Waals surface area contributed by atoms with E-state index in [4.69, 9.17) is 0 Å². The summed E-state index contributed by atoms with van der Waals surface area (Å²) in [5.41, 5.74) is 5.83. The van der Waals surface area contributed by atoms with Crippen molar-refractivity contribution in [2.24, 2.45) is 0 Å². The number of aromatic nitrogens is 1. The van der Waals surface area contributed by atoms with E-state index >= 15 is 8.63 Å². The number of nitrogens with zero attached hydrogens (tertiary/aromatic N) is 2. The van der Waals surface area contributed by atoms with Crippen molar-refractivity contribution in [1.82, 2.24) is 4.48 Å². The van der Waals surface area contributed by atoms with Crippen LogP contribution in [0.5, 0.6) is 0 Å². The van der Waals surface area contributed by atoms with Crippen molar-refractivity contribution in [1.29, 1.82) is 0 Å². The highest BCUT2D eigenvalue weighted by Crippen LogP contribution is 2.44. The maximum atomic E-state index is 15.5. The zero-order valence-corrected chi connectivity index (χ0v) is 18.0. The van der Waals surface area contributed by atoms with Crippen molar-refractivity contribution in [2.45, 2.75) is 27.7 Å². The van der Waals surface area contributed by atoms with Crippen molar-refractivity contribution in [3.8, 4) is 0 Å². The van der Waals surface area contributed by atoms with Gasteiger partial charge < -0.3 is 17.6 Å². The monoisotopic (exact) mass is 480 g/mol. The Kier molecular flexibility index (Phi) is 3.97. The highest BCUT2D eigenvalue weighted by molar-refractivity contribution is 9.11. The number of benzene rings is 1. The molecule has 26 heavy (non-hydrogen) atoms. The number of aryl methyl sites for hydroxylation is 2. The van der Waals surface area contributed by atoms with E-state index in [9.17, 15) is 0 Å². The van der Waals surface area contributed by atoms with Crippen LogP contribution in [-0.4, -0.2) is 21.6 Å². The molecule has 0 aliphatic carbocycles. The van der Waals surface area contributed by atoms with Crippen molar-refractivity contribution >= 4 is 50.1 Å². The minimum absolute atomic E-state index is 0.575. The van der Waals surface area contributed by atoms with Gasteiger partial charge in [0.15, 0.2) is 5.70 Å². The van der Waals surface area contributed by atoms with Crippen molar-refractivity contribution in [2.75, 3.05) is 0 Å². The van der Waals surface area contributed by atoms with Crippen LogP contribution in [0.1, 0.15) is 36.4 Å². The molecular weight excluding hydrogens is 465 g/mol. The van der Waals surface area contributed by atoms with Gasteiger partial charge in [-0.05, 0) is 61.9 Å². The molecule has 0 saturated carbocycles. The number of fused-ring (bicyclic) bond motifs is 2. The fourth-order valence-corrected chi connectivity index (χ4v) is 5.56. The van der Waals surface area contributed by atoms with Gasteiger partial charge in [0.1, 0.15) is 5.71 Å². The van der Waals surface area contributed by atoms with E-state index in [1.54, 1.807) is 13.8 Å². The van der Waals surface area contributed by atoms with E-state index in [0.29, 0.717) is 22.8 Å². The van der Waals surface area contributed by atoms with Crippen LogP contribution in [0.3, 0.4) is 0 Å². The molecule has 2 aliphatic heterocycles. The number of hydrogen-bond acceptors (Lipinski definition) is 0. The second-order valence-corrected chi connectivity index (χ2v) is 8.83. The predicted molar refractivity (Wildman–Crippen MR) is 110 cm³/mol. The molecule has 0 amide bonds. The molecule has 134 valence electrons. The molecule has 0 bridgehead atoms. The van der Waals surface area contributed by atoms with Crippen molar-refractivity contribution in [3.05, 3.63) is 73.1 Å². The first-order chi connectivity index (χ1) is 12.1. The Bertz CT molecular complexity index is 1060. The van der Waals surface area contributed by atoms with Gasteiger partial charge in [0.05, 0.1) is 5.57 Å². The summed E-state index contributed by atoms with van der Waals surface area (Å²) in [5.74, 6) is 0. The zero-order valence-electron chi connectivity index (χ0n) is 14.9. The lowest BCUT2D eigenvalue weighted by Crippen LogP contribution is -2.51. The van der Waals surface area contributed by atoms with Crippen LogP contribution in [0.15, 0.2) is 50.6 Å². The Morgan fingerprint density at radius 2 is 1.58 bits per heavy atom. The van der Waals surface area contributed by atoms with Gasteiger partial charge in [-0.1, -0.05) is 31.9 Å². The second-order valence-electron chi connectivity index (χ2n) is 7.00. The predicted octanol–water partition coefficient (Wildman–Crippen LogP) is 6.06. The van der Waals surface area contributed by atoms with Crippen LogP contribution in [0.25, 0.3) is 5.57 Å². The van der Waals surface area contributed by atoms with Gasteiger partial charge in [-0.3, -0.25) is 0 Å². The lowest BCUT2D eigenvalue weighted by Gasteiger charge is -2.34. The van der Waals surface area contributed by atoms with Crippen LogP contribution in [-0.2, 0) is 0 Å². The molecule has 2 aliphatic rings. The molecule has 1 aromatic heterocycles. The van der Waals surface area contributed by atoms with E-state index < -0.39 is 6.97 Å². The Labute approximate surface area is 168 Å². The molecule has 0 spiro atoms. The molecular formula is C19H17BBr2F2N2. The van der Waals surface area contributed by atoms with Gasteiger partial charge in [-0.2, -0.15) is 0 Å². The maximum Gasteiger partial charge on any atom is 0.737 e. The first-order valence-corrected chi connectivity index (χ1v) is 9.95. The fraction of sp³-hybridized carbons (Fsp3) is 0.211. The molecule has 2 nitrogen and oxygen atoms in total. The zero-order chi connectivity index (χ0) is 19.0. The number of rotatable bonds is 1. The van der Waals surface area contributed by atoms with Crippen molar-refractivity contribution in [3.63, 3.8) is 0 Å². The SMILES string of the molecule is CC1=CC(C)=[N+]2C1=C(c1cc(Br)cc(Br)c1)c1c(C)cc(C)n1[B-]2(F)F. The summed E-state index contributed by atoms with van der Waals surface area (Å²) in [6.45, 7) is 3.37. The third kappa shape index (κ3) is 2.36. The normalized spacial score (nSPS) is 18.2. The Balaban J connectivity index is 2.19. The summed E-state index contributed by atoms with van der Waals surface area (Å²) in [4.78, 5) is 0. The molecule has 7 heteroatoms. The standard InChI is InChI=1S/C19H17BBr2F2N2/c1-10-5-12(3)25-18(10)17(14-7-15(21)9-16(22)8-14)19-11(2)6-13(4)26(19)20(25,23)24/h5-9H,1-4H3. The highest BCUT2D eigenvalue weighted by atomic mass is 79.9. The van der Waals surface area contributed by atoms with Gasteiger partial charge in [-0.25, -0.2) is 0 Å². The molecule has 0 saturated heterocycles. The van der Waals surface area contributed by atoms with Crippen LogP contribution in [0.4, 0.5) is 8.63 Å². The average Bonchev–Trinajstić information content (AvgIpc) is 2.96. The second kappa shape index (κ2) is 5.76. The first-order valence-electron chi connectivity index (χ1n) is 8.36. The molecule has 2 aromatic rings. The summed E-state index contributed by atoms with van der Waals surface area (Å²) in [7, 11) is 0. The number of hydrogen-bond donors (Lipinski definition) is 0. The molecule has 0 N–H and O–H groups in total. The summed E-state index contributed by atoms with van der Waals surface area (Å²) >= 11 is 7.06. The van der Waals surface area contributed by atoms with Crippen LogP contribution < -0.4 is 0 Å². The molecule has 4 rings (SSSR count). The summed E-state index contributed by atoms with van der Waals surface area (Å²) in [6.07, 6.45) is 1.84. The molecule has 0 fully saturated rings. The Morgan fingerprint density at radius 3 is 2.19 bits per heavy atom. The van der Waals surface area contributed by atoms with Gasteiger partial charge in [0.25, 0.3) is 0 Å². The van der Waals surface area contributed by atoms with Crippen LogP contribution in [0.2, 0.25) is 0 Å². The summed E-state index contributed by atoms with van der Waals surface area (Å²) in [5, 5.41) is 0. The Hall–Kier alpha value is -1.47. The van der Waals surface area contributed by atoms with Crippen LogP contribution >= 0.6 is 31.9 Å². The minimum Gasteiger partial charge on any atom is -0.393 e. The average molecular weight is 482 g/mol. The first kappa shape index (κ1) is 17.9. The smallest absolute Gasteiger partial charge is 0.393 e. The van der Waals surface area contributed by atoms with E-state index in [0.717, 1.165) is 31.2 Å². The van der Waals surface area contributed by atoms with Crippen LogP contribution in [0, 0.1) is 13.8 Å². The minimum atomic E-state index is -3.93. The van der Waals surface area contributed by atoms with E-state index in [1.165, 1.54) is 8.96 Å². The quantitative estimate of drug-likeness (QED) is 0.437. The van der Waals surface area contributed by atoms with Gasteiger partial charge in [0.2, 0.25) is 0 Å². The van der Waals surface area contributed by atoms with E-state index in [-0.39, 0.29) is 0 Å². The van der Waals surface area contributed by atoms with Gasteiger partial charge >= 0.3 is 6.97 Å². The third-order valence-corrected chi connectivity index (χ3v) is 6.00. The number of allylic oxidation sites excluding steroid dienone is 2. The molecule has 0 atom stereocenters. The largest absolute Gasteiger partial charge is 0.737 e. The molecule has 0 radical (unpaired) electrons. The van der Waals surface area contributed by atoms with Crippen molar-refractivity contribution < 1.29 is 13.1 Å². The lowest BCUT2D eigenvalue weighted by atomic mass is 9.84. The third-order valence-electron chi connectivity index (χ3n) is 5.09. The maximum absolute atomic E-state index is 15.5. The highest BCUT2D eigenvalue weighted by Gasteiger charge is 2.55. The summed E-state index contributed by atoms with van der Waals surface area (Å²) < 4.78 is 35.3. The summed E-state index contributed by atoms with van der Waals surface area (Å²) in [6, 6.07) is 7.75. The molecule has 0 unspecified atom stereocenters. The number of halogens is 4. The molecule has 3 heterocycles. The van der Waals surface area contributed by atoms with Gasteiger partial charge in [-0.15, -0.1) is 0 Å². The Morgan fingerprint density at radius 1 is 0.962 bits per heavy atom. The molecule has 1 aromatic carbocycles. The lowest BCUT2D eigenvalue weighted by molar-refractivity contribution is -0.363. The van der Waals surface area contributed by atoms with E-state index in [2.05, 4.69) is 31.9 Å².